The monoisotopic (exact) mass is 678 g/mol. The number of ketones is 1. The van der Waals surface area contributed by atoms with Crippen LogP contribution in [-0.2, 0) is 16.0 Å². The molecule has 1 aliphatic heterocycles. The first-order chi connectivity index (χ1) is 23.7. The quantitative estimate of drug-likeness (QED) is 0.119. The van der Waals surface area contributed by atoms with Gasteiger partial charge >= 0.3 is 6.61 Å². The number of benzene rings is 3. The van der Waals surface area contributed by atoms with Gasteiger partial charge < -0.3 is 23.4 Å². The van der Waals surface area contributed by atoms with Crippen LogP contribution in [0.5, 0.6) is 11.5 Å². The van der Waals surface area contributed by atoms with E-state index >= 15 is 0 Å². The number of methoxy groups -OCH3 is 1. The first kappa shape index (κ1) is 33.4. The standard InChI is InChI=1S/C21H18F4N2O3.C14H12N2O3/c22-15-6-3-4-13(20(15)23)10-27-9-8-16(26-27)14-5-1-2-7-17(14)29-18-11-28-12-19(18)30-21(24)25;1-8(17)13-7-10-9(11-5-6-15-16-11)3-4-12(18-2)14(10)19-13/h1-9,18-19,21H,10-12H2;3-7H,1-2H3,(H,15,16)/t18-,19?;/m1./s1. The van der Waals surface area contributed by atoms with E-state index in [2.05, 4.69) is 20.0 Å². The Morgan fingerprint density at radius 2 is 1.82 bits per heavy atom. The van der Waals surface area contributed by atoms with E-state index in [0.717, 1.165) is 22.7 Å². The van der Waals surface area contributed by atoms with Crippen LogP contribution < -0.4 is 9.47 Å². The van der Waals surface area contributed by atoms with Crippen molar-refractivity contribution in [2.75, 3.05) is 20.3 Å². The number of nitrogens with one attached hydrogen (secondary N) is 1. The number of furan rings is 1. The number of alkyl halides is 2. The number of fused-ring (bicyclic) bond motifs is 1. The zero-order valence-corrected chi connectivity index (χ0v) is 26.2. The smallest absolute Gasteiger partial charge is 0.345 e. The van der Waals surface area contributed by atoms with Crippen molar-refractivity contribution in [2.24, 2.45) is 0 Å². The molecule has 3 aromatic heterocycles. The van der Waals surface area contributed by atoms with Crippen LogP contribution in [0.15, 0.2) is 89.6 Å². The third-order valence-electron chi connectivity index (χ3n) is 7.71. The molecule has 0 saturated carbocycles. The van der Waals surface area contributed by atoms with E-state index in [9.17, 15) is 22.4 Å². The number of Topliss-reactive ketones (excluding diaryl/α,β-unsaturated/α-hetero) is 1. The minimum absolute atomic E-state index is 0.0188. The number of halogens is 4. The van der Waals surface area contributed by atoms with Gasteiger partial charge in [-0.1, -0.05) is 24.3 Å². The van der Waals surface area contributed by atoms with E-state index in [0.29, 0.717) is 34.1 Å². The second-order valence-electron chi connectivity index (χ2n) is 10.9. The number of carbonyl (C=O) groups is 1. The summed E-state index contributed by atoms with van der Waals surface area (Å²) in [4.78, 5) is 11.5. The highest BCUT2D eigenvalue weighted by Crippen LogP contribution is 2.36. The van der Waals surface area contributed by atoms with Crippen LogP contribution in [0.1, 0.15) is 23.0 Å². The van der Waals surface area contributed by atoms with Crippen molar-refractivity contribution >= 4 is 16.8 Å². The molecule has 0 aliphatic carbocycles. The minimum atomic E-state index is -2.92. The lowest BCUT2D eigenvalue weighted by Gasteiger charge is -2.20. The lowest BCUT2D eigenvalue weighted by atomic mass is 10.1. The first-order valence-corrected chi connectivity index (χ1v) is 15.1. The van der Waals surface area contributed by atoms with E-state index in [1.54, 1.807) is 55.9 Å². The molecule has 10 nitrogen and oxygen atoms in total. The molecule has 3 aromatic carbocycles. The van der Waals surface area contributed by atoms with Crippen LogP contribution in [0.25, 0.3) is 33.5 Å². The van der Waals surface area contributed by atoms with Crippen LogP contribution in [0.4, 0.5) is 17.6 Å². The highest BCUT2D eigenvalue weighted by Gasteiger charge is 2.34. The molecule has 0 bridgehead atoms. The van der Waals surface area contributed by atoms with Gasteiger partial charge in [0.1, 0.15) is 11.9 Å². The Hall–Kier alpha value is -5.47. The van der Waals surface area contributed by atoms with E-state index < -0.39 is 30.5 Å². The van der Waals surface area contributed by atoms with E-state index in [1.165, 1.54) is 23.7 Å². The fourth-order valence-corrected chi connectivity index (χ4v) is 5.34. The molecule has 1 N–H and O–H groups in total. The SMILES string of the molecule is COc1ccc(-c2ccn[nH]2)c2cc(C(C)=O)oc12.Fc1cccc(Cn2ccc(-c3ccccc3O[C@@H]3COCC3OC(F)F)n2)c1F. The number of aromatic nitrogens is 4. The number of ether oxygens (including phenoxy) is 4. The highest BCUT2D eigenvalue weighted by atomic mass is 19.3. The molecule has 1 fully saturated rings. The van der Waals surface area contributed by atoms with Gasteiger partial charge in [0.2, 0.25) is 0 Å². The summed E-state index contributed by atoms with van der Waals surface area (Å²) in [6, 6.07) is 20.0. The summed E-state index contributed by atoms with van der Waals surface area (Å²) >= 11 is 0. The molecule has 2 atom stereocenters. The molecule has 1 aliphatic rings. The molecule has 0 spiro atoms. The number of rotatable bonds is 10. The number of hydrogen-bond acceptors (Lipinski definition) is 8. The summed E-state index contributed by atoms with van der Waals surface area (Å²) in [5.41, 5.74) is 3.68. The van der Waals surface area contributed by atoms with Gasteiger partial charge in [-0.15, -0.1) is 0 Å². The molecule has 49 heavy (non-hydrogen) atoms. The average Bonchev–Trinajstić information content (AvgIpc) is 3.92. The zero-order valence-electron chi connectivity index (χ0n) is 26.2. The molecule has 1 saturated heterocycles. The topological polar surface area (TPSA) is 114 Å². The van der Waals surface area contributed by atoms with E-state index in [1.807, 2.05) is 18.2 Å². The Bertz CT molecular complexity index is 2050. The molecule has 254 valence electrons. The predicted octanol–water partition coefficient (Wildman–Crippen LogP) is 7.30. The Morgan fingerprint density at radius 3 is 2.57 bits per heavy atom. The van der Waals surface area contributed by atoms with Crippen molar-refractivity contribution in [1.29, 1.82) is 0 Å². The number of nitrogens with zero attached hydrogens (tertiary/aromatic N) is 3. The molecule has 14 heteroatoms. The molecule has 7 rings (SSSR count). The lowest BCUT2D eigenvalue weighted by Crippen LogP contribution is -2.34. The summed E-state index contributed by atoms with van der Waals surface area (Å²) < 4.78 is 80.5. The van der Waals surface area contributed by atoms with Crippen molar-refractivity contribution in [3.05, 3.63) is 108 Å². The molecular formula is C35H30F4N4O6. The normalized spacial score (nSPS) is 15.7. The number of H-pyrrole nitrogens is 1. The largest absolute Gasteiger partial charge is 0.493 e. The van der Waals surface area contributed by atoms with Gasteiger partial charge in [0.05, 0.1) is 38.3 Å². The van der Waals surface area contributed by atoms with Crippen molar-refractivity contribution in [3.8, 4) is 34.0 Å². The summed E-state index contributed by atoms with van der Waals surface area (Å²) in [7, 11) is 1.57. The zero-order chi connectivity index (χ0) is 34.5. The lowest BCUT2D eigenvalue weighted by molar-refractivity contribution is -0.175. The van der Waals surface area contributed by atoms with Crippen LogP contribution in [0, 0.1) is 11.6 Å². The molecule has 6 aromatic rings. The fourth-order valence-electron chi connectivity index (χ4n) is 5.34. The molecule has 1 unspecified atom stereocenters. The van der Waals surface area contributed by atoms with Gasteiger partial charge in [-0.2, -0.15) is 19.0 Å². The highest BCUT2D eigenvalue weighted by molar-refractivity contribution is 6.02. The van der Waals surface area contributed by atoms with Gasteiger partial charge in [0.15, 0.2) is 40.6 Å². The van der Waals surface area contributed by atoms with Gasteiger partial charge in [-0.3, -0.25) is 14.6 Å². The second-order valence-corrected chi connectivity index (χ2v) is 10.9. The Labute approximate surface area is 277 Å². The maximum atomic E-state index is 13.9. The molecule has 0 radical (unpaired) electrons. The summed E-state index contributed by atoms with van der Waals surface area (Å²) in [5, 5.41) is 12.1. The molecule has 0 amide bonds. The van der Waals surface area contributed by atoms with Gasteiger partial charge in [0, 0.05) is 41.4 Å². The van der Waals surface area contributed by atoms with E-state index in [4.69, 9.17) is 18.6 Å². The Balaban J connectivity index is 0.000000188. The van der Waals surface area contributed by atoms with Crippen LogP contribution in [-0.4, -0.2) is 64.9 Å². The number of para-hydroxylation sites is 1. The third kappa shape index (κ3) is 7.50. The first-order valence-electron chi connectivity index (χ1n) is 15.1. The Kier molecular flexibility index (Phi) is 10.1. The van der Waals surface area contributed by atoms with Crippen LogP contribution in [0.2, 0.25) is 0 Å². The number of hydrogen-bond donors (Lipinski definition) is 1. The van der Waals surface area contributed by atoms with Gasteiger partial charge in [-0.05, 0) is 48.5 Å². The number of aromatic amines is 1. The van der Waals surface area contributed by atoms with Crippen molar-refractivity contribution in [1.82, 2.24) is 20.0 Å². The van der Waals surface area contributed by atoms with Crippen molar-refractivity contribution in [3.63, 3.8) is 0 Å². The molecular weight excluding hydrogens is 648 g/mol. The summed E-state index contributed by atoms with van der Waals surface area (Å²) in [6.07, 6.45) is 1.74. The fraction of sp³-hybridized carbons (Fsp3) is 0.229. The maximum absolute atomic E-state index is 13.9. The van der Waals surface area contributed by atoms with Crippen molar-refractivity contribution < 1.29 is 45.7 Å². The Morgan fingerprint density at radius 1 is 1.00 bits per heavy atom. The van der Waals surface area contributed by atoms with Crippen LogP contribution >= 0.6 is 0 Å². The third-order valence-corrected chi connectivity index (χ3v) is 7.71. The summed E-state index contributed by atoms with van der Waals surface area (Å²) in [6.45, 7) is -1.26. The van der Waals surface area contributed by atoms with Gasteiger partial charge in [0.25, 0.3) is 0 Å². The number of carbonyl (C=O) groups excluding carboxylic acids is 1. The van der Waals surface area contributed by atoms with Crippen molar-refractivity contribution in [2.45, 2.75) is 32.3 Å². The minimum Gasteiger partial charge on any atom is -0.493 e. The van der Waals surface area contributed by atoms with Gasteiger partial charge in [-0.25, -0.2) is 8.78 Å². The van der Waals surface area contributed by atoms with E-state index in [-0.39, 0.29) is 31.1 Å². The predicted molar refractivity (Wildman–Crippen MR) is 170 cm³/mol. The maximum Gasteiger partial charge on any atom is 0.345 e. The average molecular weight is 679 g/mol. The van der Waals surface area contributed by atoms with Crippen LogP contribution in [0.3, 0.4) is 0 Å². The summed E-state index contributed by atoms with van der Waals surface area (Å²) in [5.74, 6) is -0.597. The second kappa shape index (κ2) is 14.7. The molecule has 4 heterocycles.